The number of piperazine rings is 1. The van der Waals surface area contributed by atoms with Crippen LogP contribution in [0.5, 0.6) is 0 Å². The van der Waals surface area contributed by atoms with Gasteiger partial charge in [0.05, 0.1) is 17.4 Å². The minimum Gasteiger partial charge on any atom is -0.357 e. The molecule has 162 valence electrons. The van der Waals surface area contributed by atoms with Gasteiger partial charge >= 0.3 is 6.18 Å². The van der Waals surface area contributed by atoms with Crippen molar-refractivity contribution in [2.45, 2.75) is 19.5 Å². The van der Waals surface area contributed by atoms with Crippen molar-refractivity contribution >= 4 is 17.6 Å². The monoisotopic (exact) mass is 422 g/mol. The lowest BCUT2D eigenvalue weighted by atomic mass is 10.1. The second kappa shape index (κ2) is 9.19. The molecule has 1 N–H and O–H groups in total. The Hall–Kier alpha value is -3.04. The number of aromatic nitrogens is 2. The van der Waals surface area contributed by atoms with Crippen LogP contribution in [-0.2, 0) is 24.4 Å². The summed E-state index contributed by atoms with van der Waals surface area (Å²) >= 11 is 0. The zero-order chi connectivity index (χ0) is 21.7. The molecule has 3 rings (SSSR count). The Bertz CT molecular complexity index is 891. The maximum absolute atomic E-state index is 12.7. The van der Waals surface area contributed by atoms with Crippen molar-refractivity contribution in [1.29, 1.82) is 0 Å². The van der Waals surface area contributed by atoms with Crippen LogP contribution in [0.4, 0.5) is 18.9 Å². The highest BCUT2D eigenvalue weighted by Gasteiger charge is 2.30. The fraction of sp³-hybridized carbons (Fsp3) is 0.450. The number of carbonyl (C=O) groups is 1. The maximum atomic E-state index is 12.7. The fourth-order valence-electron chi connectivity index (χ4n) is 3.25. The first-order valence-electron chi connectivity index (χ1n) is 9.76. The van der Waals surface area contributed by atoms with E-state index < -0.39 is 11.7 Å². The molecular formula is C20H25F3N6O. The fourth-order valence-corrected chi connectivity index (χ4v) is 3.25. The van der Waals surface area contributed by atoms with Crippen LogP contribution in [0, 0.1) is 0 Å². The van der Waals surface area contributed by atoms with Crippen LogP contribution in [0.3, 0.4) is 0 Å². The summed E-state index contributed by atoms with van der Waals surface area (Å²) in [5.74, 6) is 0.589. The number of aryl methyl sites for hydroxylation is 1. The summed E-state index contributed by atoms with van der Waals surface area (Å²) in [5.41, 5.74) is 0.888. The normalized spacial score (nSPS) is 15.6. The number of benzene rings is 1. The average molecular weight is 422 g/mol. The van der Waals surface area contributed by atoms with Crippen molar-refractivity contribution in [3.05, 3.63) is 47.8 Å². The van der Waals surface area contributed by atoms with E-state index in [0.29, 0.717) is 38.6 Å². The van der Waals surface area contributed by atoms with E-state index in [4.69, 9.17) is 0 Å². The average Bonchev–Trinajstić information content (AvgIpc) is 3.13. The molecule has 0 unspecified atom stereocenters. The predicted molar refractivity (Wildman–Crippen MR) is 108 cm³/mol. The van der Waals surface area contributed by atoms with Crippen LogP contribution in [0.25, 0.3) is 0 Å². The summed E-state index contributed by atoms with van der Waals surface area (Å²) in [4.78, 5) is 20.8. The van der Waals surface area contributed by atoms with Gasteiger partial charge in [0, 0.05) is 39.4 Å². The molecule has 0 saturated carbocycles. The number of carbonyl (C=O) groups excluding carboxylic acids is 1. The molecule has 0 radical (unpaired) electrons. The number of anilines is 1. The smallest absolute Gasteiger partial charge is 0.357 e. The molecule has 7 nitrogen and oxygen atoms in total. The van der Waals surface area contributed by atoms with Gasteiger partial charge in [-0.2, -0.15) is 18.3 Å². The second-order valence-electron chi connectivity index (χ2n) is 7.02. The zero-order valence-corrected chi connectivity index (χ0v) is 17.0. The third-order valence-corrected chi connectivity index (χ3v) is 4.80. The summed E-state index contributed by atoms with van der Waals surface area (Å²) in [6, 6.07) is 5.12. The predicted octanol–water partition coefficient (Wildman–Crippen LogP) is 2.30. The van der Waals surface area contributed by atoms with Crippen molar-refractivity contribution in [2.24, 2.45) is 12.0 Å². The Morgan fingerprint density at radius 1 is 1.23 bits per heavy atom. The molecule has 1 aliphatic heterocycles. The summed E-state index contributed by atoms with van der Waals surface area (Å²) in [6.45, 7) is 4.33. The summed E-state index contributed by atoms with van der Waals surface area (Å²) in [5, 5.41) is 7.30. The molecular weight excluding hydrogens is 397 g/mol. The standard InChI is InChI=1S/C20H25F3N6O/c1-3-24-19(25-9-8-15-4-6-16(7-5-15)20(21,22)23)28-10-11-29(18(30)14-28)17-12-26-27(2)13-17/h4-7,12-13H,3,8-11,14H2,1-2H3,(H,24,25). The van der Waals surface area contributed by atoms with Gasteiger partial charge < -0.3 is 15.1 Å². The number of guanidine groups is 1. The molecule has 0 atom stereocenters. The molecule has 0 aliphatic carbocycles. The van der Waals surface area contributed by atoms with Crippen LogP contribution >= 0.6 is 0 Å². The minimum absolute atomic E-state index is 0.0393. The number of nitrogens with one attached hydrogen (secondary N) is 1. The van der Waals surface area contributed by atoms with E-state index in [9.17, 15) is 18.0 Å². The molecule has 1 aliphatic rings. The number of hydrogen-bond donors (Lipinski definition) is 1. The first-order chi connectivity index (χ1) is 14.3. The maximum Gasteiger partial charge on any atom is 0.416 e. The van der Waals surface area contributed by atoms with Crippen molar-refractivity contribution in [2.75, 3.05) is 37.6 Å². The van der Waals surface area contributed by atoms with E-state index in [1.54, 1.807) is 29.0 Å². The van der Waals surface area contributed by atoms with E-state index in [1.165, 1.54) is 12.1 Å². The molecule has 0 bridgehead atoms. The number of halogens is 3. The highest BCUT2D eigenvalue weighted by molar-refractivity contribution is 5.98. The Morgan fingerprint density at radius 3 is 2.53 bits per heavy atom. The van der Waals surface area contributed by atoms with E-state index in [2.05, 4.69) is 15.4 Å². The number of aliphatic imine (C=N–C) groups is 1. The number of amides is 1. The van der Waals surface area contributed by atoms with Crippen LogP contribution < -0.4 is 10.2 Å². The van der Waals surface area contributed by atoms with Crippen molar-refractivity contribution in [1.82, 2.24) is 20.0 Å². The first kappa shape index (κ1) is 21.7. The quantitative estimate of drug-likeness (QED) is 0.593. The van der Waals surface area contributed by atoms with Gasteiger partial charge in [-0.3, -0.25) is 14.5 Å². The van der Waals surface area contributed by atoms with Gasteiger partial charge in [0.1, 0.15) is 6.54 Å². The first-order valence-corrected chi connectivity index (χ1v) is 9.76. The Balaban J connectivity index is 1.60. The molecule has 30 heavy (non-hydrogen) atoms. The minimum atomic E-state index is -4.33. The van der Waals surface area contributed by atoms with Crippen LogP contribution in [0.1, 0.15) is 18.1 Å². The van der Waals surface area contributed by atoms with Gasteiger partial charge in [-0.1, -0.05) is 12.1 Å². The Morgan fingerprint density at radius 2 is 1.97 bits per heavy atom. The van der Waals surface area contributed by atoms with Gasteiger partial charge in [0.15, 0.2) is 5.96 Å². The summed E-state index contributed by atoms with van der Waals surface area (Å²) in [7, 11) is 1.80. The molecule has 1 fully saturated rings. The van der Waals surface area contributed by atoms with E-state index in [1.807, 2.05) is 11.8 Å². The Kier molecular flexibility index (Phi) is 6.63. The topological polar surface area (TPSA) is 65.8 Å². The molecule has 1 saturated heterocycles. The highest BCUT2D eigenvalue weighted by Crippen LogP contribution is 2.29. The van der Waals surface area contributed by atoms with Crippen LogP contribution in [0.15, 0.2) is 41.7 Å². The molecule has 0 spiro atoms. The van der Waals surface area contributed by atoms with E-state index in [0.717, 1.165) is 23.4 Å². The van der Waals surface area contributed by atoms with Crippen molar-refractivity contribution in [3.63, 3.8) is 0 Å². The molecule has 10 heteroatoms. The van der Waals surface area contributed by atoms with Gasteiger partial charge in [-0.25, -0.2) is 0 Å². The number of hydrogen-bond acceptors (Lipinski definition) is 3. The summed E-state index contributed by atoms with van der Waals surface area (Å²) < 4.78 is 39.7. The zero-order valence-electron chi connectivity index (χ0n) is 17.0. The lowest BCUT2D eigenvalue weighted by Crippen LogP contribution is -2.55. The molecule has 1 aromatic carbocycles. The SMILES string of the molecule is CCNC(=NCCc1ccc(C(F)(F)F)cc1)N1CCN(c2cnn(C)c2)C(=O)C1. The van der Waals surface area contributed by atoms with Gasteiger partial charge in [-0.15, -0.1) is 0 Å². The second-order valence-corrected chi connectivity index (χ2v) is 7.02. The third-order valence-electron chi connectivity index (χ3n) is 4.80. The van der Waals surface area contributed by atoms with Gasteiger partial charge in [-0.05, 0) is 31.0 Å². The largest absolute Gasteiger partial charge is 0.416 e. The third kappa shape index (κ3) is 5.31. The highest BCUT2D eigenvalue weighted by atomic mass is 19.4. The van der Waals surface area contributed by atoms with Crippen molar-refractivity contribution in [3.8, 4) is 0 Å². The van der Waals surface area contributed by atoms with Crippen LogP contribution in [-0.4, -0.2) is 59.3 Å². The number of nitrogens with zero attached hydrogens (tertiary/aromatic N) is 5. The Labute approximate surface area is 173 Å². The molecule has 1 amide bonds. The van der Waals surface area contributed by atoms with E-state index in [-0.39, 0.29) is 12.5 Å². The van der Waals surface area contributed by atoms with Crippen molar-refractivity contribution < 1.29 is 18.0 Å². The van der Waals surface area contributed by atoms with Gasteiger partial charge in [0.2, 0.25) is 5.91 Å². The number of alkyl halides is 3. The lowest BCUT2D eigenvalue weighted by Gasteiger charge is -2.35. The molecule has 1 aromatic heterocycles. The molecule has 2 aromatic rings. The lowest BCUT2D eigenvalue weighted by molar-refractivity contribution is -0.137. The molecule has 2 heterocycles. The van der Waals surface area contributed by atoms with E-state index >= 15 is 0 Å². The number of rotatable bonds is 5. The van der Waals surface area contributed by atoms with Gasteiger partial charge in [0.25, 0.3) is 0 Å². The summed E-state index contributed by atoms with van der Waals surface area (Å²) in [6.07, 6.45) is -0.357. The van der Waals surface area contributed by atoms with Crippen LogP contribution in [0.2, 0.25) is 0 Å².